The summed E-state index contributed by atoms with van der Waals surface area (Å²) >= 11 is 4.99. The van der Waals surface area contributed by atoms with Crippen molar-refractivity contribution in [2.75, 3.05) is 79.3 Å². The van der Waals surface area contributed by atoms with Crippen molar-refractivity contribution in [1.82, 2.24) is 0 Å². The summed E-state index contributed by atoms with van der Waals surface area (Å²) in [4.78, 5) is 0. The van der Waals surface area contributed by atoms with Crippen LogP contribution in [0.5, 0.6) is 0 Å². The van der Waals surface area contributed by atoms with Crippen molar-refractivity contribution in [1.29, 1.82) is 21.0 Å². The van der Waals surface area contributed by atoms with Gasteiger partial charge in [-0.05, 0) is 110 Å². The largest absolute Gasteiger partial charge is 0.381 e. The van der Waals surface area contributed by atoms with E-state index >= 15 is 0 Å². The van der Waals surface area contributed by atoms with Gasteiger partial charge in [0.15, 0.2) is 0 Å². The van der Waals surface area contributed by atoms with Crippen molar-refractivity contribution in [3.8, 4) is 24.3 Å². The van der Waals surface area contributed by atoms with Gasteiger partial charge in [-0.1, -0.05) is 80.1 Å². The van der Waals surface area contributed by atoms with E-state index in [4.69, 9.17) is 28.4 Å². The molecule has 0 aliphatic heterocycles. The number of hydrogen-bond donors (Lipinski definition) is 0. The van der Waals surface area contributed by atoms with Crippen molar-refractivity contribution in [3.05, 3.63) is 60.6 Å². The quantitative estimate of drug-likeness (QED) is 0.0590. The van der Waals surface area contributed by atoms with Crippen LogP contribution in [0.25, 0.3) is 11.1 Å². The SMILES string of the molecule is CCCCOCC1(COCCCC)Cc2c(/c(=c3/s/c(=c4/sc(=C(C#N)C#N)c5c4CC(COCCCC)(COCCCC)C5)c4c3CC(COCCCC)(COCCCC)C4)sc2=C(C#N)C#N)C1. The molecule has 0 amide bonds. The number of nitriles is 4. The van der Waals surface area contributed by atoms with Crippen LogP contribution < -0.4 is 9.06 Å². The molecule has 3 aliphatic rings. The summed E-state index contributed by atoms with van der Waals surface area (Å²) in [6.45, 7) is 20.5. The molecule has 0 saturated carbocycles. The van der Waals surface area contributed by atoms with Crippen molar-refractivity contribution < 1.29 is 28.4 Å². The van der Waals surface area contributed by atoms with E-state index < -0.39 is 0 Å². The minimum absolute atomic E-state index is 0.147. The highest BCUT2D eigenvalue weighted by molar-refractivity contribution is 7.13. The predicted molar refractivity (Wildman–Crippen MR) is 281 cm³/mol. The van der Waals surface area contributed by atoms with E-state index in [2.05, 4.69) is 65.8 Å². The molecule has 13 heteroatoms. The molecule has 0 atom stereocenters. The lowest BCUT2D eigenvalue weighted by molar-refractivity contribution is -0.0190. The Morgan fingerprint density at radius 1 is 0.357 bits per heavy atom. The Kier molecular flexibility index (Phi) is 22.0. The zero-order valence-corrected chi connectivity index (χ0v) is 45.6. The standard InChI is InChI=1S/C57H78N4O6S3/c1-7-13-19-62-35-55(36-63-20-14-8-2)25-43-45(27-55)51(68-49(43)41(31-58)32-59)53-47-29-57(39-66-23-17-11-5,40-67-24-18-12-6)30-48(47)54(70-53)52-46-28-56(37-64-21-15-9-3,38-65-22-16-10-4)26-44(46)50(69-52)42(33-60)34-61/h7-30,35-40H2,1-6H3/b53-51-,54-52+. The van der Waals surface area contributed by atoms with Gasteiger partial charge in [0.1, 0.15) is 35.4 Å². The summed E-state index contributed by atoms with van der Waals surface area (Å²) in [5.74, 6) is 0. The zero-order valence-electron chi connectivity index (χ0n) is 43.2. The Hall–Kier alpha value is -3.44. The lowest BCUT2D eigenvalue weighted by Crippen LogP contribution is -2.34. The monoisotopic (exact) mass is 1010 g/mol. The molecule has 0 aromatic carbocycles. The minimum Gasteiger partial charge on any atom is -0.381 e. The topological polar surface area (TPSA) is 151 Å². The summed E-state index contributed by atoms with van der Waals surface area (Å²) in [6, 6.07) is 9.10. The fraction of sp³-hybridized carbons (Fsp3) is 0.684. The first-order valence-corrected chi connectivity index (χ1v) is 28.9. The fourth-order valence-electron chi connectivity index (χ4n) is 10.4. The van der Waals surface area contributed by atoms with E-state index in [1.807, 2.05) is 11.3 Å². The van der Waals surface area contributed by atoms with Gasteiger partial charge in [-0.15, -0.1) is 34.0 Å². The van der Waals surface area contributed by atoms with Crippen molar-refractivity contribution in [3.63, 3.8) is 0 Å². The molecule has 3 heterocycles. The first-order chi connectivity index (χ1) is 34.2. The van der Waals surface area contributed by atoms with Crippen molar-refractivity contribution in [2.24, 2.45) is 16.2 Å². The van der Waals surface area contributed by atoms with Gasteiger partial charge in [-0.2, -0.15) is 21.0 Å². The second-order valence-corrected chi connectivity index (χ2v) is 23.4. The summed E-state index contributed by atoms with van der Waals surface area (Å²) in [7, 11) is 0. The predicted octanol–water partition coefficient (Wildman–Crippen LogP) is 11.0. The van der Waals surface area contributed by atoms with E-state index in [1.54, 1.807) is 22.7 Å². The Balaban J connectivity index is 1.69. The van der Waals surface area contributed by atoms with Gasteiger partial charge in [-0.25, -0.2) is 0 Å². The maximum absolute atomic E-state index is 10.5. The maximum Gasteiger partial charge on any atom is 0.147 e. The maximum atomic E-state index is 10.5. The number of thiophene rings is 3. The van der Waals surface area contributed by atoms with E-state index in [0.717, 1.165) is 132 Å². The number of rotatable bonds is 30. The Morgan fingerprint density at radius 3 is 0.800 bits per heavy atom. The first-order valence-electron chi connectivity index (χ1n) is 26.4. The van der Waals surface area contributed by atoms with Gasteiger partial charge in [0.2, 0.25) is 0 Å². The van der Waals surface area contributed by atoms with Gasteiger partial charge >= 0.3 is 0 Å². The van der Waals surface area contributed by atoms with Crippen LogP contribution in [0, 0.1) is 79.7 Å². The molecule has 3 aliphatic carbocycles. The van der Waals surface area contributed by atoms with Gasteiger partial charge in [0, 0.05) is 74.0 Å². The van der Waals surface area contributed by atoms with Crippen molar-refractivity contribution in [2.45, 2.75) is 157 Å². The second-order valence-electron chi connectivity index (χ2n) is 20.3. The molecule has 0 radical (unpaired) electrons. The lowest BCUT2D eigenvalue weighted by Gasteiger charge is -2.29. The van der Waals surface area contributed by atoms with Crippen molar-refractivity contribution >= 4 is 45.2 Å². The van der Waals surface area contributed by atoms with E-state index in [0.29, 0.717) is 92.1 Å². The number of fused-ring (bicyclic) bond motifs is 3. The number of nitrogens with zero attached hydrogens (tertiary/aromatic N) is 4. The Labute approximate surface area is 429 Å². The summed E-state index contributed by atoms with van der Waals surface area (Å²) in [5.41, 5.74) is 6.42. The zero-order chi connectivity index (χ0) is 50.0. The lowest BCUT2D eigenvalue weighted by atomic mass is 9.86. The molecular formula is C57H78N4O6S3. The molecule has 0 unspecified atom stereocenters. The van der Waals surface area contributed by atoms with Crippen LogP contribution in [0.1, 0.15) is 152 Å². The molecular weight excluding hydrogens is 933 g/mol. The van der Waals surface area contributed by atoms with E-state index in [-0.39, 0.29) is 27.4 Å². The molecule has 3 aromatic rings. The molecule has 70 heavy (non-hydrogen) atoms. The molecule has 3 aromatic heterocycles. The van der Waals surface area contributed by atoms with Gasteiger partial charge in [0.25, 0.3) is 0 Å². The molecule has 380 valence electrons. The molecule has 6 rings (SSSR count). The second kappa shape index (κ2) is 27.6. The number of hydrogen-bond acceptors (Lipinski definition) is 13. The van der Waals surface area contributed by atoms with Gasteiger partial charge < -0.3 is 28.4 Å². The smallest absolute Gasteiger partial charge is 0.147 e. The highest BCUT2D eigenvalue weighted by atomic mass is 32.1. The minimum atomic E-state index is -0.334. The van der Waals surface area contributed by atoms with E-state index in [9.17, 15) is 21.0 Å². The van der Waals surface area contributed by atoms with Crippen LogP contribution in [-0.4, -0.2) is 79.3 Å². The highest BCUT2D eigenvalue weighted by Crippen LogP contribution is 2.46. The third kappa shape index (κ3) is 13.2. The molecule has 0 N–H and O–H groups in total. The number of unbranched alkanes of at least 4 members (excludes halogenated alkanes) is 6. The number of ether oxygens (including phenoxy) is 6. The average molecular weight is 1010 g/mol. The summed E-state index contributed by atoms with van der Waals surface area (Å²) < 4.78 is 45.1. The van der Waals surface area contributed by atoms with Crippen LogP contribution in [-0.2, 0) is 66.9 Å². The average Bonchev–Trinajstić information content (AvgIpc) is 4.22. The summed E-state index contributed by atoms with van der Waals surface area (Å²) in [5, 5.41) is 41.9. The molecule has 0 bridgehead atoms. The Bertz CT molecular complexity index is 2470. The van der Waals surface area contributed by atoms with Crippen LogP contribution in [0.4, 0.5) is 0 Å². The molecule has 0 saturated heterocycles. The Morgan fingerprint density at radius 2 is 0.571 bits per heavy atom. The van der Waals surface area contributed by atoms with Crippen LogP contribution in [0.2, 0.25) is 0 Å². The first kappa shape index (κ1) is 55.9. The molecule has 0 spiro atoms. The van der Waals surface area contributed by atoms with Crippen LogP contribution in [0.3, 0.4) is 0 Å². The highest BCUT2D eigenvalue weighted by Gasteiger charge is 2.45. The van der Waals surface area contributed by atoms with E-state index in [1.165, 1.54) is 31.3 Å². The normalized spacial score (nSPS) is 16.8. The third-order valence-electron chi connectivity index (χ3n) is 14.3. The van der Waals surface area contributed by atoms with Gasteiger partial charge in [-0.3, -0.25) is 0 Å². The molecule has 10 nitrogen and oxygen atoms in total. The van der Waals surface area contributed by atoms with Crippen LogP contribution >= 0.6 is 34.0 Å². The fourth-order valence-corrected chi connectivity index (χ4v) is 14.7. The summed E-state index contributed by atoms with van der Waals surface area (Å²) in [6.07, 6.45) is 16.5. The van der Waals surface area contributed by atoms with Gasteiger partial charge in [0.05, 0.1) is 48.7 Å². The molecule has 0 fully saturated rings. The van der Waals surface area contributed by atoms with Crippen LogP contribution in [0.15, 0.2) is 0 Å². The third-order valence-corrected chi connectivity index (χ3v) is 18.5.